The third-order valence-corrected chi connectivity index (χ3v) is 6.17. The minimum absolute atomic E-state index is 0.0446. The second kappa shape index (κ2) is 10.0. The Hall–Kier alpha value is -3.43. The zero-order chi connectivity index (χ0) is 23.4. The number of hydrogen-bond donors (Lipinski definition) is 1. The van der Waals surface area contributed by atoms with Gasteiger partial charge in [0.05, 0.1) is 42.4 Å². The number of rotatable bonds is 5. The summed E-state index contributed by atoms with van der Waals surface area (Å²) in [5.41, 5.74) is 2.85. The maximum Gasteiger partial charge on any atom is 0.245 e. The van der Waals surface area contributed by atoms with Crippen LogP contribution < -0.4 is 10.1 Å². The van der Waals surface area contributed by atoms with Gasteiger partial charge in [-0.25, -0.2) is 0 Å². The van der Waals surface area contributed by atoms with Gasteiger partial charge in [0.2, 0.25) is 5.91 Å². The number of nitrogens with zero attached hydrogens (tertiary/aromatic N) is 4. The van der Waals surface area contributed by atoms with E-state index in [0.717, 1.165) is 41.6 Å². The molecule has 0 atom stereocenters. The number of nitriles is 2. The molecular weight excluding hydrogens is 482 g/mol. The van der Waals surface area contributed by atoms with Crippen molar-refractivity contribution in [2.24, 2.45) is 0 Å². The third-order valence-electron chi connectivity index (χ3n) is 5.67. The van der Waals surface area contributed by atoms with Gasteiger partial charge in [0.15, 0.2) is 0 Å². The van der Waals surface area contributed by atoms with Crippen LogP contribution in [0.25, 0.3) is 22.6 Å². The van der Waals surface area contributed by atoms with E-state index in [4.69, 9.17) is 4.74 Å². The summed E-state index contributed by atoms with van der Waals surface area (Å²) >= 11 is 3.50. The minimum atomic E-state index is -0.0446. The van der Waals surface area contributed by atoms with Crippen molar-refractivity contribution in [2.75, 3.05) is 39.8 Å². The van der Waals surface area contributed by atoms with Gasteiger partial charge in [-0.1, -0.05) is 15.9 Å². The number of allylic oxidation sites excluding steroid dienone is 1. The van der Waals surface area contributed by atoms with E-state index in [2.05, 4.69) is 38.3 Å². The molecule has 0 radical (unpaired) electrons. The summed E-state index contributed by atoms with van der Waals surface area (Å²) < 4.78 is 7.90. The number of carbonyl (C=O) groups is 1. The van der Waals surface area contributed by atoms with Gasteiger partial charge < -0.3 is 10.1 Å². The van der Waals surface area contributed by atoms with E-state index in [1.54, 1.807) is 42.1 Å². The van der Waals surface area contributed by atoms with Gasteiger partial charge in [0, 0.05) is 53.4 Å². The van der Waals surface area contributed by atoms with E-state index in [9.17, 15) is 15.3 Å². The molecule has 2 aromatic carbocycles. The van der Waals surface area contributed by atoms with Crippen LogP contribution in [0, 0.1) is 22.7 Å². The SMILES string of the molecule is COc1ccc(C#N)cc1C=C(C#N)c1cn(C(=O)CN2CCNCC2)c2ccc(Br)cc12. The Morgan fingerprint density at radius 3 is 2.70 bits per heavy atom. The molecule has 2 heterocycles. The Labute approximate surface area is 200 Å². The maximum absolute atomic E-state index is 13.2. The van der Waals surface area contributed by atoms with Gasteiger partial charge in [-0.3, -0.25) is 14.3 Å². The van der Waals surface area contributed by atoms with Crippen LogP contribution in [0.1, 0.15) is 21.5 Å². The number of fused-ring (bicyclic) bond motifs is 1. The molecule has 0 aliphatic carbocycles. The monoisotopic (exact) mass is 503 g/mol. The van der Waals surface area contributed by atoms with Crippen molar-refractivity contribution in [1.82, 2.24) is 14.8 Å². The average Bonchev–Trinajstić information content (AvgIpc) is 3.21. The summed E-state index contributed by atoms with van der Waals surface area (Å²) in [6.45, 7) is 3.68. The lowest BCUT2D eigenvalue weighted by Gasteiger charge is -2.26. The Balaban J connectivity index is 1.81. The number of ether oxygens (including phenoxy) is 1. The van der Waals surface area contributed by atoms with Crippen molar-refractivity contribution >= 4 is 44.4 Å². The van der Waals surface area contributed by atoms with E-state index in [0.29, 0.717) is 34.6 Å². The number of methoxy groups -OCH3 is 1. The number of piperazine rings is 1. The molecule has 1 fully saturated rings. The second-order valence-electron chi connectivity index (χ2n) is 7.73. The van der Waals surface area contributed by atoms with Crippen molar-refractivity contribution in [3.63, 3.8) is 0 Å². The minimum Gasteiger partial charge on any atom is -0.496 e. The molecule has 7 nitrogen and oxygen atoms in total. The van der Waals surface area contributed by atoms with Gasteiger partial charge >= 0.3 is 0 Å². The van der Waals surface area contributed by atoms with Crippen molar-refractivity contribution in [3.8, 4) is 17.9 Å². The lowest BCUT2D eigenvalue weighted by Crippen LogP contribution is -2.46. The summed E-state index contributed by atoms with van der Waals surface area (Å²) in [5.74, 6) is 0.512. The highest BCUT2D eigenvalue weighted by Gasteiger charge is 2.20. The topological polar surface area (TPSA) is 94.1 Å². The second-order valence-corrected chi connectivity index (χ2v) is 8.65. The number of hydrogen-bond acceptors (Lipinski definition) is 6. The highest BCUT2D eigenvalue weighted by atomic mass is 79.9. The number of halogens is 1. The van der Waals surface area contributed by atoms with Crippen LogP contribution in [0.15, 0.2) is 47.1 Å². The highest BCUT2D eigenvalue weighted by molar-refractivity contribution is 9.10. The standard InChI is InChI=1S/C25H22BrN5O2/c1-33-24-5-2-17(13-27)10-18(24)11-19(14-28)22-15-31(23-4-3-20(26)12-21(22)23)25(32)16-30-8-6-29-7-9-30/h2-5,10-12,15,29H,6-9,16H2,1H3. The summed E-state index contributed by atoms with van der Waals surface area (Å²) in [4.78, 5) is 15.3. The zero-order valence-electron chi connectivity index (χ0n) is 18.1. The molecule has 1 saturated heterocycles. The fourth-order valence-corrected chi connectivity index (χ4v) is 4.36. The van der Waals surface area contributed by atoms with Crippen LogP contribution in [-0.4, -0.2) is 55.2 Å². The number of benzene rings is 2. The van der Waals surface area contributed by atoms with Crippen LogP contribution in [-0.2, 0) is 0 Å². The van der Waals surface area contributed by atoms with Crippen molar-refractivity contribution in [3.05, 3.63) is 63.8 Å². The fourth-order valence-electron chi connectivity index (χ4n) is 4.00. The van der Waals surface area contributed by atoms with Crippen molar-refractivity contribution in [1.29, 1.82) is 10.5 Å². The molecule has 1 N–H and O–H groups in total. The van der Waals surface area contributed by atoms with E-state index in [1.807, 2.05) is 18.2 Å². The Kier molecular flexibility index (Phi) is 6.90. The predicted octanol–water partition coefficient (Wildman–Crippen LogP) is 3.89. The summed E-state index contributed by atoms with van der Waals surface area (Å²) in [7, 11) is 1.54. The van der Waals surface area contributed by atoms with Crippen LogP contribution in [0.2, 0.25) is 0 Å². The van der Waals surface area contributed by atoms with Crippen LogP contribution in [0.4, 0.5) is 0 Å². The largest absolute Gasteiger partial charge is 0.496 e. The van der Waals surface area contributed by atoms with E-state index < -0.39 is 0 Å². The molecule has 1 aliphatic heterocycles. The molecule has 166 valence electrons. The zero-order valence-corrected chi connectivity index (χ0v) is 19.7. The molecule has 1 aromatic heterocycles. The molecule has 8 heteroatoms. The van der Waals surface area contributed by atoms with Crippen LogP contribution >= 0.6 is 15.9 Å². The average molecular weight is 504 g/mol. The molecule has 0 amide bonds. The first-order valence-electron chi connectivity index (χ1n) is 10.5. The number of nitrogens with one attached hydrogen (secondary N) is 1. The normalized spacial score (nSPS) is 14.6. The first kappa shape index (κ1) is 22.8. The summed E-state index contributed by atoms with van der Waals surface area (Å²) in [6.07, 6.45) is 3.43. The Bertz CT molecular complexity index is 1320. The molecule has 0 spiro atoms. The quantitative estimate of drug-likeness (QED) is 0.530. The molecule has 33 heavy (non-hydrogen) atoms. The smallest absolute Gasteiger partial charge is 0.245 e. The summed E-state index contributed by atoms with van der Waals surface area (Å²) in [6, 6.07) is 15.1. The molecule has 4 rings (SSSR count). The molecular formula is C25H22BrN5O2. The van der Waals surface area contributed by atoms with Gasteiger partial charge in [0.25, 0.3) is 0 Å². The molecule has 0 saturated carbocycles. The lowest BCUT2D eigenvalue weighted by molar-refractivity contribution is 0.0844. The number of aromatic nitrogens is 1. The molecule has 0 bridgehead atoms. The maximum atomic E-state index is 13.2. The van der Waals surface area contributed by atoms with Crippen molar-refractivity contribution < 1.29 is 9.53 Å². The third kappa shape index (κ3) is 4.84. The molecule has 1 aliphatic rings. The Morgan fingerprint density at radius 2 is 2.00 bits per heavy atom. The van der Waals surface area contributed by atoms with Crippen LogP contribution in [0.3, 0.4) is 0 Å². The Morgan fingerprint density at radius 1 is 1.21 bits per heavy atom. The van der Waals surface area contributed by atoms with Gasteiger partial charge in [0.1, 0.15) is 5.75 Å². The van der Waals surface area contributed by atoms with E-state index >= 15 is 0 Å². The van der Waals surface area contributed by atoms with E-state index in [-0.39, 0.29) is 5.91 Å². The van der Waals surface area contributed by atoms with Gasteiger partial charge in [-0.2, -0.15) is 10.5 Å². The first-order chi connectivity index (χ1) is 16.0. The fraction of sp³-hybridized carbons (Fsp3) is 0.240. The van der Waals surface area contributed by atoms with Gasteiger partial charge in [-0.15, -0.1) is 0 Å². The van der Waals surface area contributed by atoms with Crippen LogP contribution in [0.5, 0.6) is 5.75 Å². The lowest BCUT2D eigenvalue weighted by atomic mass is 10.0. The highest BCUT2D eigenvalue weighted by Crippen LogP contribution is 2.32. The number of carbonyl (C=O) groups excluding carboxylic acids is 1. The van der Waals surface area contributed by atoms with E-state index in [1.165, 1.54) is 0 Å². The molecule has 3 aromatic rings. The van der Waals surface area contributed by atoms with Gasteiger partial charge in [-0.05, 0) is 42.5 Å². The van der Waals surface area contributed by atoms with Crippen molar-refractivity contribution in [2.45, 2.75) is 0 Å². The predicted molar refractivity (Wildman–Crippen MR) is 131 cm³/mol. The summed E-state index contributed by atoms with van der Waals surface area (Å²) in [5, 5.41) is 23.4. The molecule has 0 unspecified atom stereocenters. The first-order valence-corrected chi connectivity index (χ1v) is 11.3.